The molecular formula is C8H11N2O3-. The molecule has 0 unspecified atom stereocenters. The molecule has 13 heavy (non-hydrogen) atoms. The number of rotatable bonds is 1. The van der Waals surface area contributed by atoms with Gasteiger partial charge in [0.25, 0.3) is 5.56 Å². The Balaban J connectivity index is 3.78. The van der Waals surface area contributed by atoms with Crippen molar-refractivity contribution in [3.8, 4) is 5.88 Å². The molecule has 0 radical (unpaired) electrons. The van der Waals surface area contributed by atoms with Gasteiger partial charge < -0.3 is 9.67 Å². The monoisotopic (exact) mass is 183 g/mol. The molecule has 1 aromatic rings. The average Bonchev–Trinajstić information content (AvgIpc) is 2.13. The van der Waals surface area contributed by atoms with Crippen LogP contribution in [0, 0.1) is 0 Å². The summed E-state index contributed by atoms with van der Waals surface area (Å²) >= 11 is 0. The first-order valence-corrected chi connectivity index (χ1v) is 3.96. The molecule has 0 atom stereocenters. The number of hydrogen-bond donors (Lipinski definition) is 0. The first-order chi connectivity index (χ1) is 6.00. The largest absolute Gasteiger partial charge is 0.860 e. The molecule has 0 spiro atoms. The van der Waals surface area contributed by atoms with Gasteiger partial charge in [0.2, 0.25) is 0 Å². The van der Waals surface area contributed by atoms with E-state index in [1.54, 1.807) is 6.92 Å². The van der Waals surface area contributed by atoms with Crippen LogP contribution in [0.2, 0.25) is 0 Å². The summed E-state index contributed by atoms with van der Waals surface area (Å²) in [5.74, 6) is -0.490. The molecule has 1 rings (SSSR count). The molecule has 0 bridgehead atoms. The second kappa shape index (κ2) is 3.08. The number of hydrogen-bond acceptors (Lipinski definition) is 3. The fourth-order valence-corrected chi connectivity index (χ4v) is 1.20. The predicted molar refractivity (Wildman–Crippen MR) is 45.7 cm³/mol. The average molecular weight is 183 g/mol. The lowest BCUT2D eigenvalue weighted by atomic mass is 10.2. The van der Waals surface area contributed by atoms with Crippen LogP contribution in [0.1, 0.15) is 12.5 Å². The number of nitrogens with zero attached hydrogens (tertiary/aromatic N) is 2. The molecule has 0 fully saturated rings. The first-order valence-electron chi connectivity index (χ1n) is 3.96. The van der Waals surface area contributed by atoms with Crippen LogP contribution in [0.15, 0.2) is 9.59 Å². The predicted octanol–water partition coefficient (Wildman–Crippen LogP) is -1.28. The van der Waals surface area contributed by atoms with Gasteiger partial charge in [0.05, 0.1) is 0 Å². The van der Waals surface area contributed by atoms with Gasteiger partial charge in [-0.3, -0.25) is 9.36 Å². The van der Waals surface area contributed by atoms with E-state index in [-0.39, 0.29) is 5.56 Å². The van der Waals surface area contributed by atoms with Crippen LogP contribution in [0.4, 0.5) is 0 Å². The van der Waals surface area contributed by atoms with Gasteiger partial charge in [-0.25, -0.2) is 4.79 Å². The summed E-state index contributed by atoms with van der Waals surface area (Å²) in [6.07, 6.45) is 0.347. The van der Waals surface area contributed by atoms with Crippen molar-refractivity contribution in [2.24, 2.45) is 14.1 Å². The zero-order valence-corrected chi connectivity index (χ0v) is 7.83. The maximum Gasteiger partial charge on any atom is 0.329 e. The molecule has 0 saturated carbocycles. The van der Waals surface area contributed by atoms with E-state index in [4.69, 9.17) is 0 Å². The Morgan fingerprint density at radius 1 is 1.23 bits per heavy atom. The standard InChI is InChI=1S/C8H12N2O3/c1-4-5-6(11)9(2)8(13)10(3)7(5)12/h11H,4H2,1-3H3/p-1. The molecule has 0 N–H and O–H groups in total. The molecule has 0 amide bonds. The van der Waals surface area contributed by atoms with E-state index in [1.807, 2.05) is 0 Å². The smallest absolute Gasteiger partial charge is 0.329 e. The van der Waals surface area contributed by atoms with E-state index in [1.165, 1.54) is 14.1 Å². The van der Waals surface area contributed by atoms with E-state index in [9.17, 15) is 14.7 Å². The normalized spacial score (nSPS) is 10.4. The highest BCUT2D eigenvalue weighted by Crippen LogP contribution is 2.03. The molecule has 0 aliphatic carbocycles. The van der Waals surface area contributed by atoms with Crippen LogP contribution in [-0.4, -0.2) is 9.13 Å². The summed E-state index contributed by atoms with van der Waals surface area (Å²) in [6.45, 7) is 1.71. The molecule has 0 aliphatic rings. The second-order valence-corrected chi connectivity index (χ2v) is 2.84. The lowest BCUT2D eigenvalue weighted by molar-refractivity contribution is -0.280. The highest BCUT2D eigenvalue weighted by molar-refractivity contribution is 5.21. The first kappa shape index (κ1) is 9.57. The summed E-state index contributed by atoms with van der Waals surface area (Å²) in [7, 11) is 2.73. The van der Waals surface area contributed by atoms with Crippen LogP contribution in [-0.2, 0) is 20.5 Å². The minimum absolute atomic E-state index is 0.157. The highest BCUT2D eigenvalue weighted by atomic mass is 16.3. The van der Waals surface area contributed by atoms with E-state index < -0.39 is 17.1 Å². The van der Waals surface area contributed by atoms with Gasteiger partial charge in [-0.05, 0) is 12.3 Å². The Morgan fingerprint density at radius 3 is 2.23 bits per heavy atom. The highest BCUT2D eigenvalue weighted by Gasteiger charge is 2.06. The maximum absolute atomic E-state index is 11.3. The molecule has 0 saturated heterocycles. The topological polar surface area (TPSA) is 67.1 Å². The summed E-state index contributed by atoms with van der Waals surface area (Å²) in [5.41, 5.74) is -0.910. The maximum atomic E-state index is 11.3. The quantitative estimate of drug-likeness (QED) is 0.544. The van der Waals surface area contributed by atoms with Crippen molar-refractivity contribution in [1.82, 2.24) is 9.13 Å². The van der Waals surface area contributed by atoms with Crippen molar-refractivity contribution >= 4 is 0 Å². The lowest BCUT2D eigenvalue weighted by Crippen LogP contribution is -2.40. The third-order valence-corrected chi connectivity index (χ3v) is 2.05. The Hall–Kier alpha value is -1.52. The number of aromatic nitrogens is 2. The van der Waals surface area contributed by atoms with E-state index >= 15 is 0 Å². The summed E-state index contributed by atoms with van der Waals surface area (Å²) < 4.78 is 1.89. The minimum atomic E-state index is -0.577. The van der Waals surface area contributed by atoms with Crippen molar-refractivity contribution in [1.29, 1.82) is 0 Å². The van der Waals surface area contributed by atoms with Gasteiger partial charge in [-0.15, -0.1) is 0 Å². The Bertz CT molecular complexity index is 442. The molecule has 1 heterocycles. The SMILES string of the molecule is CCc1c([O-])n(C)c(=O)n(C)c1=O. The van der Waals surface area contributed by atoms with Gasteiger partial charge in [0.1, 0.15) is 0 Å². The fourth-order valence-electron chi connectivity index (χ4n) is 1.20. The van der Waals surface area contributed by atoms with E-state index in [2.05, 4.69) is 0 Å². The Morgan fingerprint density at radius 2 is 1.77 bits per heavy atom. The van der Waals surface area contributed by atoms with Crippen LogP contribution in [0.3, 0.4) is 0 Å². The lowest BCUT2D eigenvalue weighted by Gasteiger charge is -2.17. The van der Waals surface area contributed by atoms with Gasteiger partial charge >= 0.3 is 5.69 Å². The third kappa shape index (κ3) is 1.26. The summed E-state index contributed by atoms with van der Waals surface area (Å²) in [4.78, 5) is 22.5. The van der Waals surface area contributed by atoms with Gasteiger partial charge in [-0.1, -0.05) is 6.92 Å². The summed E-state index contributed by atoms with van der Waals surface area (Å²) in [6, 6.07) is 0. The van der Waals surface area contributed by atoms with Crippen LogP contribution < -0.4 is 16.4 Å². The summed E-state index contributed by atoms with van der Waals surface area (Å²) in [5, 5.41) is 11.3. The van der Waals surface area contributed by atoms with E-state index in [0.29, 0.717) is 6.42 Å². The molecule has 1 aromatic heterocycles. The minimum Gasteiger partial charge on any atom is -0.860 e. The zero-order chi connectivity index (χ0) is 10.2. The second-order valence-electron chi connectivity index (χ2n) is 2.84. The van der Waals surface area contributed by atoms with Crippen LogP contribution in [0.5, 0.6) is 5.88 Å². The zero-order valence-electron chi connectivity index (χ0n) is 7.83. The van der Waals surface area contributed by atoms with Gasteiger partial charge in [-0.2, -0.15) is 0 Å². The fraction of sp³-hybridized carbons (Fsp3) is 0.500. The van der Waals surface area contributed by atoms with Crippen LogP contribution in [0.25, 0.3) is 0 Å². The molecule has 0 aliphatic heterocycles. The van der Waals surface area contributed by atoms with Gasteiger partial charge in [0.15, 0.2) is 0 Å². The molecule has 72 valence electrons. The molecule has 5 heteroatoms. The van der Waals surface area contributed by atoms with Crippen molar-refractivity contribution in [3.63, 3.8) is 0 Å². The Kier molecular flexibility index (Phi) is 2.27. The van der Waals surface area contributed by atoms with E-state index in [0.717, 1.165) is 9.13 Å². The van der Waals surface area contributed by atoms with Crippen molar-refractivity contribution in [3.05, 3.63) is 26.4 Å². The van der Waals surface area contributed by atoms with Crippen molar-refractivity contribution < 1.29 is 5.11 Å². The molecule has 0 aromatic carbocycles. The Labute approximate surface area is 74.9 Å². The van der Waals surface area contributed by atoms with Crippen LogP contribution >= 0.6 is 0 Å². The molecule has 5 nitrogen and oxygen atoms in total. The third-order valence-electron chi connectivity index (χ3n) is 2.05. The molecular weight excluding hydrogens is 172 g/mol. The van der Waals surface area contributed by atoms with Gasteiger partial charge in [0, 0.05) is 19.7 Å². The van der Waals surface area contributed by atoms with Crippen molar-refractivity contribution in [2.75, 3.05) is 0 Å². The van der Waals surface area contributed by atoms with Crippen molar-refractivity contribution in [2.45, 2.75) is 13.3 Å².